The van der Waals surface area contributed by atoms with Gasteiger partial charge in [-0.1, -0.05) is 24.6 Å². The minimum atomic E-state index is 0.598. The lowest BCUT2D eigenvalue weighted by Gasteiger charge is -2.21. The molecule has 16 heavy (non-hydrogen) atoms. The van der Waals surface area contributed by atoms with Crippen LogP contribution in [0.1, 0.15) is 31.9 Å². The van der Waals surface area contributed by atoms with E-state index in [1.165, 1.54) is 25.8 Å². The van der Waals surface area contributed by atoms with E-state index in [1.54, 1.807) is 0 Å². The Morgan fingerprint density at radius 2 is 2.25 bits per heavy atom. The maximum absolute atomic E-state index is 5.89. The number of aromatic nitrogens is 1. The van der Waals surface area contributed by atoms with Crippen molar-refractivity contribution in [3.63, 3.8) is 0 Å². The van der Waals surface area contributed by atoms with Gasteiger partial charge in [0.05, 0.1) is 5.69 Å². The fourth-order valence-electron chi connectivity index (χ4n) is 1.98. The van der Waals surface area contributed by atoms with Gasteiger partial charge in [0.25, 0.3) is 0 Å². The van der Waals surface area contributed by atoms with E-state index in [0.717, 1.165) is 24.7 Å². The van der Waals surface area contributed by atoms with E-state index in [0.29, 0.717) is 5.15 Å². The smallest absolute Gasteiger partial charge is 0.129 e. The van der Waals surface area contributed by atoms with Crippen LogP contribution >= 0.6 is 11.6 Å². The van der Waals surface area contributed by atoms with Crippen LogP contribution in [-0.4, -0.2) is 23.0 Å². The van der Waals surface area contributed by atoms with Crippen molar-refractivity contribution in [3.8, 4) is 0 Å². The Hall–Kier alpha value is -0.600. The summed E-state index contributed by atoms with van der Waals surface area (Å²) in [7, 11) is 0. The third kappa shape index (κ3) is 3.76. The molecule has 1 aliphatic carbocycles. The fraction of sp³-hybridized carbons (Fsp3) is 0.615. The molecule has 0 aliphatic heterocycles. The van der Waals surface area contributed by atoms with Crippen LogP contribution in [0, 0.1) is 5.92 Å². The Kier molecular flexibility index (Phi) is 4.19. The van der Waals surface area contributed by atoms with Crippen LogP contribution < -0.4 is 0 Å². The van der Waals surface area contributed by atoms with Gasteiger partial charge in [0, 0.05) is 13.1 Å². The molecule has 0 amide bonds. The number of nitrogens with zero attached hydrogens (tertiary/aromatic N) is 2. The Morgan fingerprint density at radius 3 is 2.88 bits per heavy atom. The number of halogens is 1. The Bertz CT molecular complexity index is 336. The molecule has 0 radical (unpaired) electrons. The molecule has 1 aliphatic rings. The molecule has 1 aromatic heterocycles. The van der Waals surface area contributed by atoms with Crippen molar-refractivity contribution in [2.24, 2.45) is 5.92 Å². The van der Waals surface area contributed by atoms with Crippen molar-refractivity contribution in [3.05, 3.63) is 29.0 Å². The lowest BCUT2D eigenvalue weighted by molar-refractivity contribution is 0.252. The first-order chi connectivity index (χ1) is 7.78. The van der Waals surface area contributed by atoms with Gasteiger partial charge in [-0.25, -0.2) is 4.98 Å². The van der Waals surface area contributed by atoms with Gasteiger partial charge in [-0.2, -0.15) is 0 Å². The van der Waals surface area contributed by atoms with Gasteiger partial charge in [-0.15, -0.1) is 0 Å². The second kappa shape index (κ2) is 5.65. The molecule has 88 valence electrons. The predicted molar refractivity (Wildman–Crippen MR) is 67.5 cm³/mol. The van der Waals surface area contributed by atoms with E-state index >= 15 is 0 Å². The summed E-state index contributed by atoms with van der Waals surface area (Å²) in [5.41, 5.74) is 1.08. The van der Waals surface area contributed by atoms with Gasteiger partial charge in [0.1, 0.15) is 5.15 Å². The molecule has 2 rings (SSSR count). The Labute approximate surface area is 103 Å². The highest BCUT2D eigenvalue weighted by Crippen LogP contribution is 2.30. The summed E-state index contributed by atoms with van der Waals surface area (Å²) in [6.07, 6.45) is 4.01. The molecule has 1 saturated carbocycles. The normalized spacial score (nSPS) is 15.7. The van der Waals surface area contributed by atoms with Gasteiger partial charge in [0.2, 0.25) is 0 Å². The monoisotopic (exact) mass is 238 g/mol. The molecular weight excluding hydrogens is 220 g/mol. The van der Waals surface area contributed by atoms with Gasteiger partial charge in [-0.05, 0) is 43.9 Å². The summed E-state index contributed by atoms with van der Waals surface area (Å²) < 4.78 is 0. The fourth-order valence-corrected chi connectivity index (χ4v) is 2.17. The summed E-state index contributed by atoms with van der Waals surface area (Å²) in [6.45, 7) is 5.54. The first kappa shape index (κ1) is 11.9. The topological polar surface area (TPSA) is 16.1 Å². The van der Waals surface area contributed by atoms with Crippen LogP contribution in [0.3, 0.4) is 0 Å². The lowest BCUT2D eigenvalue weighted by atomic mass is 10.3. The van der Waals surface area contributed by atoms with Crippen molar-refractivity contribution in [2.45, 2.75) is 32.7 Å². The molecule has 1 heterocycles. The zero-order chi connectivity index (χ0) is 11.4. The standard InChI is InChI=1S/C13H19ClN2/c1-2-8-16(9-11-6-7-11)10-12-4-3-5-13(14)15-12/h3-5,11H,2,6-10H2,1H3. The molecule has 0 saturated heterocycles. The van der Waals surface area contributed by atoms with E-state index in [1.807, 2.05) is 12.1 Å². The molecule has 0 spiro atoms. The lowest BCUT2D eigenvalue weighted by Crippen LogP contribution is -2.26. The minimum Gasteiger partial charge on any atom is -0.297 e. The largest absolute Gasteiger partial charge is 0.297 e. The molecular formula is C13H19ClN2. The molecule has 2 nitrogen and oxygen atoms in total. The van der Waals surface area contributed by atoms with E-state index in [4.69, 9.17) is 11.6 Å². The van der Waals surface area contributed by atoms with Gasteiger partial charge in [0.15, 0.2) is 0 Å². The van der Waals surface area contributed by atoms with E-state index in [2.05, 4.69) is 22.9 Å². The van der Waals surface area contributed by atoms with Crippen LogP contribution in [-0.2, 0) is 6.54 Å². The first-order valence-electron chi connectivity index (χ1n) is 6.11. The SMILES string of the molecule is CCCN(Cc1cccc(Cl)n1)CC1CC1. The van der Waals surface area contributed by atoms with Crippen molar-refractivity contribution >= 4 is 11.6 Å². The van der Waals surface area contributed by atoms with Crippen LogP contribution in [0.4, 0.5) is 0 Å². The number of hydrogen-bond donors (Lipinski definition) is 0. The highest BCUT2D eigenvalue weighted by Gasteiger charge is 2.24. The molecule has 1 fully saturated rings. The third-order valence-electron chi connectivity index (χ3n) is 2.91. The maximum atomic E-state index is 5.89. The van der Waals surface area contributed by atoms with E-state index < -0.39 is 0 Å². The van der Waals surface area contributed by atoms with Crippen molar-refractivity contribution in [2.75, 3.05) is 13.1 Å². The van der Waals surface area contributed by atoms with Crippen LogP contribution in [0.25, 0.3) is 0 Å². The number of pyridine rings is 1. The van der Waals surface area contributed by atoms with Gasteiger partial charge in [-0.3, -0.25) is 4.90 Å². The molecule has 0 aromatic carbocycles. The minimum absolute atomic E-state index is 0.598. The molecule has 1 aromatic rings. The van der Waals surface area contributed by atoms with E-state index in [9.17, 15) is 0 Å². The number of hydrogen-bond acceptors (Lipinski definition) is 2. The highest BCUT2D eigenvalue weighted by atomic mass is 35.5. The van der Waals surface area contributed by atoms with E-state index in [-0.39, 0.29) is 0 Å². The molecule has 0 N–H and O–H groups in total. The van der Waals surface area contributed by atoms with Crippen molar-refractivity contribution in [1.82, 2.24) is 9.88 Å². The first-order valence-corrected chi connectivity index (χ1v) is 6.49. The van der Waals surface area contributed by atoms with Gasteiger partial charge < -0.3 is 0 Å². The van der Waals surface area contributed by atoms with Crippen LogP contribution in [0.2, 0.25) is 5.15 Å². The predicted octanol–water partition coefficient (Wildman–Crippen LogP) is 3.36. The van der Waals surface area contributed by atoms with Crippen LogP contribution in [0.15, 0.2) is 18.2 Å². The second-order valence-electron chi connectivity index (χ2n) is 4.63. The average molecular weight is 239 g/mol. The van der Waals surface area contributed by atoms with Crippen molar-refractivity contribution in [1.29, 1.82) is 0 Å². The quantitative estimate of drug-likeness (QED) is 0.707. The number of rotatable bonds is 6. The van der Waals surface area contributed by atoms with Crippen molar-refractivity contribution < 1.29 is 0 Å². The highest BCUT2D eigenvalue weighted by molar-refractivity contribution is 6.29. The van der Waals surface area contributed by atoms with Crippen LogP contribution in [0.5, 0.6) is 0 Å². The molecule has 0 bridgehead atoms. The summed E-state index contributed by atoms with van der Waals surface area (Å²) in [5, 5.41) is 0.598. The summed E-state index contributed by atoms with van der Waals surface area (Å²) in [4.78, 5) is 6.84. The third-order valence-corrected chi connectivity index (χ3v) is 3.12. The average Bonchev–Trinajstić information content (AvgIpc) is 3.02. The molecule has 0 unspecified atom stereocenters. The summed E-state index contributed by atoms with van der Waals surface area (Å²) >= 11 is 5.89. The van der Waals surface area contributed by atoms with Gasteiger partial charge >= 0.3 is 0 Å². The second-order valence-corrected chi connectivity index (χ2v) is 5.02. The zero-order valence-electron chi connectivity index (χ0n) is 9.82. The summed E-state index contributed by atoms with van der Waals surface area (Å²) in [5.74, 6) is 0.936. The zero-order valence-corrected chi connectivity index (χ0v) is 10.6. The summed E-state index contributed by atoms with van der Waals surface area (Å²) in [6, 6.07) is 5.86. The molecule has 3 heteroatoms. The molecule has 0 atom stereocenters. The Balaban J connectivity index is 1.92. The Morgan fingerprint density at radius 1 is 1.44 bits per heavy atom. The maximum Gasteiger partial charge on any atom is 0.129 e.